The van der Waals surface area contributed by atoms with Crippen molar-refractivity contribution in [1.29, 1.82) is 0 Å². The molecule has 0 atom stereocenters. The predicted molar refractivity (Wildman–Crippen MR) is 130 cm³/mol. The van der Waals surface area contributed by atoms with Gasteiger partial charge >= 0.3 is 29.6 Å². The zero-order valence-corrected chi connectivity index (χ0v) is 22.1. The summed E-state index contributed by atoms with van der Waals surface area (Å²) < 4.78 is 14.8. The van der Waals surface area contributed by atoms with Gasteiger partial charge < -0.3 is 15.2 Å². The van der Waals surface area contributed by atoms with Crippen LogP contribution in [-0.2, 0) is 16.0 Å². The van der Waals surface area contributed by atoms with Gasteiger partial charge in [0.25, 0.3) is 5.91 Å². The minimum absolute atomic E-state index is 0. The van der Waals surface area contributed by atoms with Gasteiger partial charge in [-0.25, -0.2) is 9.38 Å². The van der Waals surface area contributed by atoms with E-state index in [0.717, 1.165) is 27.8 Å². The standard InChI is InChI=1S/C25H19FN2O3S2.Na/c1-32-20-10-6-16(7-11-20)17-4-5-18(21(26)13-17)14-22-24(31)28-25(33-22)27-19-8-2-15(3-9-19)12-23(29)30;/h2-11,13-14H,12H2,1H3,(H,29,30)(H,27,28,31);/q;+1/p-1. The number of nitrogens with one attached hydrogen (secondary N) is 1. The summed E-state index contributed by atoms with van der Waals surface area (Å²) in [4.78, 5) is 28.8. The van der Waals surface area contributed by atoms with E-state index in [0.29, 0.717) is 26.9 Å². The second-order valence-electron chi connectivity index (χ2n) is 7.16. The summed E-state index contributed by atoms with van der Waals surface area (Å²) in [6.45, 7) is 0. The Labute approximate surface area is 227 Å². The fraction of sp³-hybridized carbons (Fsp3) is 0.0800. The van der Waals surface area contributed by atoms with Crippen LogP contribution < -0.4 is 40.0 Å². The summed E-state index contributed by atoms with van der Waals surface area (Å²) in [5.41, 5.74) is 3.14. The Morgan fingerprint density at radius 1 is 1.09 bits per heavy atom. The molecular formula is C25H18FN2NaO3S2. The van der Waals surface area contributed by atoms with E-state index < -0.39 is 11.8 Å². The van der Waals surface area contributed by atoms with Crippen LogP contribution >= 0.6 is 23.5 Å². The van der Waals surface area contributed by atoms with Crippen LogP contribution in [0.5, 0.6) is 0 Å². The number of rotatable bonds is 6. The zero-order chi connectivity index (χ0) is 23.4. The molecule has 1 amide bonds. The van der Waals surface area contributed by atoms with Gasteiger partial charge in [0.1, 0.15) is 5.82 Å². The number of carboxylic acids is 1. The molecule has 166 valence electrons. The van der Waals surface area contributed by atoms with Crippen LogP contribution in [-0.4, -0.2) is 23.3 Å². The Morgan fingerprint density at radius 2 is 1.76 bits per heavy atom. The molecule has 4 rings (SSSR count). The summed E-state index contributed by atoms with van der Waals surface area (Å²) >= 11 is 2.76. The van der Waals surface area contributed by atoms with E-state index >= 15 is 0 Å². The van der Waals surface area contributed by atoms with Crippen LogP contribution in [0.1, 0.15) is 11.1 Å². The number of carbonyl (C=O) groups excluding carboxylic acids is 2. The molecule has 0 unspecified atom stereocenters. The first-order valence-corrected chi connectivity index (χ1v) is 12.0. The molecule has 3 aromatic rings. The fourth-order valence-electron chi connectivity index (χ4n) is 3.20. The first kappa shape index (κ1) is 26.2. The molecule has 1 fully saturated rings. The molecule has 0 aliphatic carbocycles. The van der Waals surface area contributed by atoms with E-state index in [1.54, 1.807) is 42.1 Å². The normalized spacial score (nSPS) is 15.3. The quantitative estimate of drug-likeness (QED) is 0.315. The molecule has 0 saturated carbocycles. The maximum Gasteiger partial charge on any atom is 1.00 e. The number of halogens is 1. The summed E-state index contributed by atoms with van der Waals surface area (Å²) in [5.74, 6) is -1.93. The minimum atomic E-state index is -1.16. The summed E-state index contributed by atoms with van der Waals surface area (Å²) in [7, 11) is 0. The van der Waals surface area contributed by atoms with Gasteiger partial charge in [-0.15, -0.1) is 11.8 Å². The monoisotopic (exact) mass is 500 g/mol. The Hall–Kier alpha value is -2.36. The molecule has 34 heavy (non-hydrogen) atoms. The number of hydrogen-bond donors (Lipinski definition) is 1. The zero-order valence-electron chi connectivity index (χ0n) is 18.5. The molecule has 0 aromatic heterocycles. The van der Waals surface area contributed by atoms with Gasteiger partial charge in [0, 0.05) is 22.8 Å². The molecule has 0 bridgehead atoms. The molecule has 5 nitrogen and oxygen atoms in total. The van der Waals surface area contributed by atoms with Crippen molar-refractivity contribution in [3.8, 4) is 11.1 Å². The number of carbonyl (C=O) groups is 2. The third-order valence-electron chi connectivity index (χ3n) is 4.88. The number of aliphatic imine (C=N–C) groups is 1. The Morgan fingerprint density at radius 3 is 2.38 bits per heavy atom. The summed E-state index contributed by atoms with van der Waals surface area (Å²) in [5, 5.41) is 13.7. The van der Waals surface area contributed by atoms with Crippen LogP contribution in [0.15, 0.2) is 81.5 Å². The average Bonchev–Trinajstić information content (AvgIpc) is 3.14. The molecule has 1 aliphatic rings. The number of carboxylic acid groups (broad SMARTS) is 1. The van der Waals surface area contributed by atoms with Crippen LogP contribution in [0, 0.1) is 5.82 Å². The molecule has 1 saturated heterocycles. The molecule has 0 radical (unpaired) electrons. The van der Waals surface area contributed by atoms with E-state index in [1.807, 2.05) is 36.6 Å². The van der Waals surface area contributed by atoms with E-state index in [9.17, 15) is 19.1 Å². The second kappa shape index (κ2) is 11.9. The minimum Gasteiger partial charge on any atom is -0.550 e. The molecule has 3 aromatic carbocycles. The van der Waals surface area contributed by atoms with Crippen molar-refractivity contribution in [3.63, 3.8) is 0 Å². The van der Waals surface area contributed by atoms with Gasteiger partial charge in [0.15, 0.2) is 5.17 Å². The number of amidine groups is 1. The van der Waals surface area contributed by atoms with Gasteiger partial charge in [-0.05, 0) is 71.1 Å². The van der Waals surface area contributed by atoms with Crippen molar-refractivity contribution in [2.75, 3.05) is 6.26 Å². The van der Waals surface area contributed by atoms with E-state index in [4.69, 9.17) is 0 Å². The van der Waals surface area contributed by atoms with Gasteiger partial charge in [0.2, 0.25) is 0 Å². The Kier molecular flexibility index (Phi) is 9.16. The SMILES string of the molecule is CSc1ccc(-c2ccc(C=C3SC(=Nc4ccc(CC(=O)[O-])cc4)NC3=O)c(F)c2)cc1.[Na+]. The van der Waals surface area contributed by atoms with Gasteiger partial charge in [0.05, 0.1) is 10.6 Å². The van der Waals surface area contributed by atoms with Gasteiger partial charge in [-0.1, -0.05) is 36.4 Å². The van der Waals surface area contributed by atoms with Crippen molar-refractivity contribution in [1.82, 2.24) is 5.32 Å². The number of benzene rings is 3. The number of aliphatic carboxylic acids is 1. The molecule has 9 heteroatoms. The Bertz CT molecular complexity index is 1280. The Balaban J connectivity index is 0.00000324. The second-order valence-corrected chi connectivity index (χ2v) is 9.07. The number of thioether (sulfide) groups is 2. The van der Waals surface area contributed by atoms with Crippen LogP contribution in [0.2, 0.25) is 0 Å². The van der Waals surface area contributed by atoms with Crippen LogP contribution in [0.3, 0.4) is 0 Å². The number of amides is 1. The van der Waals surface area contributed by atoms with Crippen molar-refractivity contribution in [3.05, 3.63) is 88.6 Å². The summed E-state index contributed by atoms with van der Waals surface area (Å²) in [6.07, 6.45) is 3.32. The first-order chi connectivity index (χ1) is 15.9. The van der Waals surface area contributed by atoms with Crippen molar-refractivity contribution in [2.24, 2.45) is 4.99 Å². The predicted octanol–water partition coefficient (Wildman–Crippen LogP) is 1.40. The molecule has 1 heterocycles. The van der Waals surface area contributed by atoms with Gasteiger partial charge in [-0.2, -0.15) is 0 Å². The smallest absolute Gasteiger partial charge is 0.550 e. The molecule has 1 aliphatic heterocycles. The summed E-state index contributed by atoms with van der Waals surface area (Å²) in [6, 6.07) is 19.4. The maximum absolute atomic E-state index is 14.8. The number of nitrogens with zero attached hydrogens (tertiary/aromatic N) is 1. The van der Waals surface area contributed by atoms with E-state index in [-0.39, 0.29) is 41.9 Å². The van der Waals surface area contributed by atoms with Gasteiger partial charge in [-0.3, -0.25) is 4.79 Å². The van der Waals surface area contributed by atoms with Crippen molar-refractivity contribution < 1.29 is 48.6 Å². The third kappa shape index (κ3) is 6.61. The molecule has 0 spiro atoms. The molecule has 1 N–H and O–H groups in total. The van der Waals surface area contributed by atoms with Crippen molar-refractivity contribution >= 4 is 52.3 Å². The van der Waals surface area contributed by atoms with Crippen molar-refractivity contribution in [2.45, 2.75) is 11.3 Å². The number of hydrogen-bond acceptors (Lipinski definition) is 6. The average molecular weight is 501 g/mol. The third-order valence-corrected chi connectivity index (χ3v) is 6.53. The maximum atomic E-state index is 14.8. The topological polar surface area (TPSA) is 81.6 Å². The van der Waals surface area contributed by atoms with E-state index in [1.165, 1.54) is 12.1 Å². The first-order valence-electron chi connectivity index (χ1n) is 9.93. The van der Waals surface area contributed by atoms with E-state index in [2.05, 4.69) is 10.3 Å². The van der Waals surface area contributed by atoms with Crippen LogP contribution in [0.4, 0.5) is 10.1 Å². The largest absolute Gasteiger partial charge is 1.00 e. The molecular weight excluding hydrogens is 482 g/mol. The van der Waals surface area contributed by atoms with Crippen LogP contribution in [0.25, 0.3) is 17.2 Å². The fourth-order valence-corrected chi connectivity index (χ4v) is 4.44.